The standard InChI is InChI=1S/C11H14FN3O4S/c12-2-1-3-15-10(20)6(4-9(17)18)7(5-8(13)16)14-11(15)19/h1-5H2,(H2,13,16)(H,14,19)(H,17,18). The summed E-state index contributed by atoms with van der Waals surface area (Å²) in [6.45, 7) is -0.591. The summed E-state index contributed by atoms with van der Waals surface area (Å²) >= 11 is 5.06. The number of nitrogens with one attached hydrogen (secondary N) is 1. The van der Waals surface area contributed by atoms with Crippen LogP contribution in [0.25, 0.3) is 0 Å². The highest BCUT2D eigenvalue weighted by Gasteiger charge is 2.15. The number of rotatable bonds is 7. The summed E-state index contributed by atoms with van der Waals surface area (Å²) in [6, 6.07) is 0. The molecule has 0 bridgehead atoms. The zero-order chi connectivity index (χ0) is 15.3. The number of amides is 1. The second-order valence-corrected chi connectivity index (χ2v) is 4.49. The van der Waals surface area contributed by atoms with Crippen molar-refractivity contribution >= 4 is 24.1 Å². The third-order valence-electron chi connectivity index (χ3n) is 2.56. The van der Waals surface area contributed by atoms with Gasteiger partial charge in [-0.15, -0.1) is 0 Å². The van der Waals surface area contributed by atoms with Crippen LogP contribution < -0.4 is 11.4 Å². The molecule has 1 amide bonds. The Labute approximate surface area is 118 Å². The second-order valence-electron chi connectivity index (χ2n) is 4.10. The lowest BCUT2D eigenvalue weighted by molar-refractivity contribution is -0.136. The molecule has 7 nitrogen and oxygen atoms in total. The van der Waals surface area contributed by atoms with Crippen LogP contribution in [0.5, 0.6) is 0 Å². The maximum absolute atomic E-state index is 12.2. The van der Waals surface area contributed by atoms with E-state index in [0.717, 1.165) is 4.57 Å². The van der Waals surface area contributed by atoms with E-state index in [2.05, 4.69) is 4.98 Å². The Hall–Kier alpha value is -2.03. The predicted octanol–water partition coefficient (Wildman–Crippen LogP) is -0.0796. The monoisotopic (exact) mass is 303 g/mol. The van der Waals surface area contributed by atoms with E-state index < -0.39 is 30.7 Å². The quantitative estimate of drug-likeness (QED) is 0.609. The third kappa shape index (κ3) is 3.98. The first-order valence-corrected chi connectivity index (χ1v) is 6.18. The lowest BCUT2D eigenvalue weighted by atomic mass is 10.1. The Morgan fingerprint density at radius 3 is 2.55 bits per heavy atom. The van der Waals surface area contributed by atoms with Crippen LogP contribution in [-0.2, 0) is 29.0 Å². The van der Waals surface area contributed by atoms with Crippen molar-refractivity contribution in [3.05, 3.63) is 26.4 Å². The summed E-state index contributed by atoms with van der Waals surface area (Å²) in [7, 11) is 0. The van der Waals surface area contributed by atoms with Gasteiger partial charge in [0.1, 0.15) is 4.64 Å². The van der Waals surface area contributed by atoms with Crippen molar-refractivity contribution in [3.8, 4) is 0 Å². The summed E-state index contributed by atoms with van der Waals surface area (Å²) in [4.78, 5) is 36.0. The van der Waals surface area contributed by atoms with E-state index in [-0.39, 0.29) is 35.3 Å². The molecule has 110 valence electrons. The number of carboxylic acids is 1. The van der Waals surface area contributed by atoms with Crippen LogP contribution in [0.3, 0.4) is 0 Å². The zero-order valence-corrected chi connectivity index (χ0v) is 11.3. The first kappa shape index (κ1) is 16.0. The molecule has 1 heterocycles. The number of carboxylic acid groups (broad SMARTS) is 1. The molecule has 0 saturated carbocycles. The minimum atomic E-state index is -1.16. The lowest BCUT2D eigenvalue weighted by Gasteiger charge is -2.11. The summed E-state index contributed by atoms with van der Waals surface area (Å²) in [5, 5.41) is 8.86. The zero-order valence-electron chi connectivity index (χ0n) is 10.5. The van der Waals surface area contributed by atoms with Gasteiger partial charge in [0, 0.05) is 17.8 Å². The number of aromatic amines is 1. The number of nitrogens with zero attached hydrogens (tertiary/aromatic N) is 1. The maximum atomic E-state index is 12.2. The van der Waals surface area contributed by atoms with Gasteiger partial charge in [-0.2, -0.15) is 0 Å². The molecule has 1 aromatic rings. The molecule has 0 saturated heterocycles. The Kier molecular flexibility index (Phi) is 5.56. The predicted molar refractivity (Wildman–Crippen MR) is 70.7 cm³/mol. The van der Waals surface area contributed by atoms with Crippen LogP contribution in [0.15, 0.2) is 4.79 Å². The van der Waals surface area contributed by atoms with Crippen LogP contribution in [0, 0.1) is 4.64 Å². The summed E-state index contributed by atoms with van der Waals surface area (Å²) in [6.07, 6.45) is -0.682. The van der Waals surface area contributed by atoms with Gasteiger partial charge in [0.15, 0.2) is 0 Å². The number of halogens is 1. The number of H-pyrrole nitrogens is 1. The van der Waals surface area contributed by atoms with Crippen molar-refractivity contribution in [2.75, 3.05) is 6.67 Å². The highest BCUT2D eigenvalue weighted by atomic mass is 32.1. The van der Waals surface area contributed by atoms with Crippen LogP contribution >= 0.6 is 12.2 Å². The molecule has 0 fully saturated rings. The number of carbonyl (C=O) groups excluding carboxylic acids is 1. The van der Waals surface area contributed by atoms with Crippen molar-refractivity contribution in [2.24, 2.45) is 5.73 Å². The van der Waals surface area contributed by atoms with E-state index in [1.54, 1.807) is 0 Å². The number of alkyl halides is 1. The van der Waals surface area contributed by atoms with Crippen molar-refractivity contribution in [1.29, 1.82) is 0 Å². The SMILES string of the molecule is NC(=O)Cc1[nH]c(=O)n(CCCF)c(=S)c1CC(=O)O. The van der Waals surface area contributed by atoms with E-state index >= 15 is 0 Å². The van der Waals surface area contributed by atoms with E-state index in [0.29, 0.717) is 0 Å². The molecule has 0 atom stereocenters. The topological polar surface area (TPSA) is 118 Å². The largest absolute Gasteiger partial charge is 0.481 e. The third-order valence-corrected chi connectivity index (χ3v) is 3.03. The molecule has 0 aliphatic carbocycles. The average molecular weight is 303 g/mol. The fourth-order valence-corrected chi connectivity index (χ4v) is 2.11. The Morgan fingerprint density at radius 2 is 2.05 bits per heavy atom. The van der Waals surface area contributed by atoms with E-state index in [4.69, 9.17) is 23.1 Å². The Morgan fingerprint density at radius 1 is 1.40 bits per heavy atom. The number of hydrogen-bond donors (Lipinski definition) is 3. The molecule has 20 heavy (non-hydrogen) atoms. The molecule has 0 aromatic carbocycles. The van der Waals surface area contributed by atoms with Crippen LogP contribution in [0.2, 0.25) is 0 Å². The van der Waals surface area contributed by atoms with Gasteiger partial charge in [-0.25, -0.2) is 4.79 Å². The summed E-state index contributed by atoms with van der Waals surface area (Å²) in [5.41, 5.74) is 4.66. The van der Waals surface area contributed by atoms with Gasteiger partial charge >= 0.3 is 11.7 Å². The number of aliphatic carboxylic acids is 1. The molecule has 9 heteroatoms. The number of nitrogens with two attached hydrogens (primary N) is 1. The minimum absolute atomic E-state index is 0.0131. The van der Waals surface area contributed by atoms with Crippen molar-refractivity contribution in [3.63, 3.8) is 0 Å². The van der Waals surface area contributed by atoms with Gasteiger partial charge in [0.25, 0.3) is 0 Å². The van der Waals surface area contributed by atoms with E-state index in [1.807, 2.05) is 0 Å². The van der Waals surface area contributed by atoms with Crippen LogP contribution in [0.1, 0.15) is 17.7 Å². The van der Waals surface area contributed by atoms with Gasteiger partial charge in [0.2, 0.25) is 5.91 Å². The summed E-state index contributed by atoms with van der Waals surface area (Å²) in [5.74, 6) is -1.88. The minimum Gasteiger partial charge on any atom is -0.481 e. The average Bonchev–Trinajstić information content (AvgIpc) is 2.33. The number of primary amides is 1. The van der Waals surface area contributed by atoms with Crippen LogP contribution in [-0.4, -0.2) is 33.2 Å². The molecule has 0 radical (unpaired) electrons. The van der Waals surface area contributed by atoms with Crippen molar-refractivity contribution in [1.82, 2.24) is 9.55 Å². The summed E-state index contributed by atoms with van der Waals surface area (Å²) < 4.78 is 13.3. The van der Waals surface area contributed by atoms with E-state index in [9.17, 15) is 18.8 Å². The second kappa shape index (κ2) is 6.94. The highest BCUT2D eigenvalue weighted by Crippen LogP contribution is 2.09. The van der Waals surface area contributed by atoms with Gasteiger partial charge in [-0.3, -0.25) is 18.5 Å². The molecule has 0 aliphatic rings. The molecule has 1 aromatic heterocycles. The van der Waals surface area contributed by atoms with E-state index in [1.165, 1.54) is 0 Å². The fraction of sp³-hybridized carbons (Fsp3) is 0.455. The molecule has 1 rings (SSSR count). The Balaban J connectivity index is 3.39. The van der Waals surface area contributed by atoms with Gasteiger partial charge in [-0.1, -0.05) is 12.2 Å². The molecule has 0 spiro atoms. The van der Waals surface area contributed by atoms with Crippen molar-refractivity contribution < 1.29 is 19.1 Å². The number of hydrogen-bond acceptors (Lipinski definition) is 4. The van der Waals surface area contributed by atoms with Crippen LogP contribution in [0.4, 0.5) is 4.39 Å². The molecule has 0 unspecified atom stereocenters. The molecule has 4 N–H and O–H groups in total. The Bertz CT molecular complexity index is 638. The molecular formula is C11H14FN3O4S. The number of carbonyl (C=O) groups is 2. The van der Waals surface area contributed by atoms with Gasteiger partial charge in [-0.05, 0) is 6.42 Å². The highest BCUT2D eigenvalue weighted by molar-refractivity contribution is 7.71. The van der Waals surface area contributed by atoms with Gasteiger partial charge in [0.05, 0.1) is 19.5 Å². The fourth-order valence-electron chi connectivity index (χ4n) is 1.74. The normalized spacial score (nSPS) is 10.4. The first-order valence-electron chi connectivity index (χ1n) is 5.77. The molecule has 0 aliphatic heterocycles. The van der Waals surface area contributed by atoms with Gasteiger partial charge < -0.3 is 15.8 Å². The lowest BCUT2D eigenvalue weighted by Crippen LogP contribution is -2.29. The number of aromatic nitrogens is 2. The van der Waals surface area contributed by atoms with Crippen molar-refractivity contribution in [2.45, 2.75) is 25.8 Å². The molecular weight excluding hydrogens is 289 g/mol. The maximum Gasteiger partial charge on any atom is 0.326 e. The first-order chi connectivity index (χ1) is 9.36. The smallest absolute Gasteiger partial charge is 0.326 e.